The molecule has 1 atom stereocenters. The third-order valence-electron chi connectivity index (χ3n) is 3.81. The molecular formula is C16H26S. The maximum absolute atomic E-state index is 4.41. The van der Waals surface area contributed by atoms with Crippen LogP contribution >= 0.6 is 12.6 Å². The van der Waals surface area contributed by atoms with Gasteiger partial charge in [0.2, 0.25) is 0 Å². The Morgan fingerprint density at radius 1 is 1.12 bits per heavy atom. The van der Waals surface area contributed by atoms with Gasteiger partial charge in [-0.3, -0.25) is 0 Å². The summed E-state index contributed by atoms with van der Waals surface area (Å²) in [4.78, 5) is 1.08. The van der Waals surface area contributed by atoms with Crippen molar-refractivity contribution in [3.05, 3.63) is 29.3 Å². The van der Waals surface area contributed by atoms with Gasteiger partial charge in [-0.05, 0) is 54.4 Å². The molecule has 0 bridgehead atoms. The zero-order valence-electron chi connectivity index (χ0n) is 11.7. The summed E-state index contributed by atoms with van der Waals surface area (Å²) in [6.45, 7) is 9.22. The zero-order valence-corrected chi connectivity index (χ0v) is 12.6. The van der Waals surface area contributed by atoms with E-state index >= 15 is 0 Å². The van der Waals surface area contributed by atoms with Crippen LogP contribution in [-0.2, 0) is 12.8 Å². The molecule has 0 fully saturated rings. The van der Waals surface area contributed by atoms with Crippen LogP contribution in [0.1, 0.15) is 51.7 Å². The predicted octanol–water partition coefficient (Wildman–Crippen LogP) is 5.15. The predicted molar refractivity (Wildman–Crippen MR) is 80.0 cm³/mol. The highest BCUT2D eigenvalue weighted by atomic mass is 32.1. The summed E-state index contributed by atoms with van der Waals surface area (Å²) in [7, 11) is 0. The molecule has 0 nitrogen and oxygen atoms in total. The standard InChI is InChI=1S/C16H26S/c1-5-14-11-16(17)10-9-15(14)8-6-7-13(4)12(2)3/h9-13,17H,5-8H2,1-4H3. The van der Waals surface area contributed by atoms with Crippen molar-refractivity contribution in [1.82, 2.24) is 0 Å². The molecule has 1 unspecified atom stereocenters. The molecule has 0 heterocycles. The molecule has 1 heteroatoms. The van der Waals surface area contributed by atoms with E-state index in [4.69, 9.17) is 0 Å². The van der Waals surface area contributed by atoms with Crippen LogP contribution in [0.2, 0.25) is 0 Å². The molecule has 0 N–H and O–H groups in total. The second-order valence-corrected chi connectivity index (χ2v) is 5.94. The Kier molecular flexibility index (Phi) is 6.11. The van der Waals surface area contributed by atoms with Gasteiger partial charge in [-0.15, -0.1) is 12.6 Å². The van der Waals surface area contributed by atoms with Gasteiger partial charge < -0.3 is 0 Å². The molecule has 17 heavy (non-hydrogen) atoms. The van der Waals surface area contributed by atoms with Gasteiger partial charge in [0.25, 0.3) is 0 Å². The lowest BCUT2D eigenvalue weighted by atomic mass is 9.91. The molecule has 1 aromatic rings. The van der Waals surface area contributed by atoms with Crippen molar-refractivity contribution in [1.29, 1.82) is 0 Å². The van der Waals surface area contributed by atoms with E-state index in [1.165, 1.54) is 30.4 Å². The highest BCUT2D eigenvalue weighted by Gasteiger charge is 2.07. The number of aryl methyl sites for hydroxylation is 2. The molecule has 1 rings (SSSR count). The number of hydrogen-bond acceptors (Lipinski definition) is 1. The van der Waals surface area contributed by atoms with Crippen LogP contribution < -0.4 is 0 Å². The molecule has 0 aliphatic rings. The second-order valence-electron chi connectivity index (χ2n) is 5.42. The summed E-state index contributed by atoms with van der Waals surface area (Å²) in [5.41, 5.74) is 2.98. The molecular weight excluding hydrogens is 224 g/mol. The second kappa shape index (κ2) is 7.10. The molecule has 96 valence electrons. The Hall–Kier alpha value is -0.430. The van der Waals surface area contributed by atoms with Crippen LogP contribution in [0.5, 0.6) is 0 Å². The summed E-state index contributed by atoms with van der Waals surface area (Å²) in [5.74, 6) is 1.64. The molecule has 0 aliphatic carbocycles. The zero-order chi connectivity index (χ0) is 12.8. The van der Waals surface area contributed by atoms with Crippen LogP contribution in [-0.4, -0.2) is 0 Å². The third-order valence-corrected chi connectivity index (χ3v) is 4.09. The highest BCUT2D eigenvalue weighted by molar-refractivity contribution is 7.80. The van der Waals surface area contributed by atoms with E-state index in [0.717, 1.165) is 23.2 Å². The Balaban J connectivity index is 2.52. The Bertz CT molecular complexity index is 341. The van der Waals surface area contributed by atoms with Crippen LogP contribution in [0.3, 0.4) is 0 Å². The lowest BCUT2D eigenvalue weighted by molar-refractivity contribution is 0.382. The molecule has 0 saturated carbocycles. The van der Waals surface area contributed by atoms with Crippen molar-refractivity contribution in [3.63, 3.8) is 0 Å². The number of hydrogen-bond donors (Lipinski definition) is 1. The van der Waals surface area contributed by atoms with E-state index < -0.39 is 0 Å². The van der Waals surface area contributed by atoms with Crippen molar-refractivity contribution >= 4 is 12.6 Å². The van der Waals surface area contributed by atoms with Crippen molar-refractivity contribution < 1.29 is 0 Å². The van der Waals surface area contributed by atoms with Gasteiger partial charge in [0.15, 0.2) is 0 Å². The topological polar surface area (TPSA) is 0 Å². The van der Waals surface area contributed by atoms with Crippen LogP contribution in [0.4, 0.5) is 0 Å². The van der Waals surface area contributed by atoms with Gasteiger partial charge in [0.05, 0.1) is 0 Å². The minimum atomic E-state index is 0.806. The first-order valence-corrected chi connectivity index (χ1v) is 7.30. The average Bonchev–Trinajstić information content (AvgIpc) is 2.30. The number of thiol groups is 1. The minimum absolute atomic E-state index is 0.806. The highest BCUT2D eigenvalue weighted by Crippen LogP contribution is 2.21. The van der Waals surface area contributed by atoms with Crippen molar-refractivity contribution in [2.24, 2.45) is 11.8 Å². The molecule has 0 radical (unpaired) electrons. The summed E-state index contributed by atoms with van der Waals surface area (Å²) in [6.07, 6.45) is 4.97. The van der Waals surface area contributed by atoms with E-state index in [1.807, 2.05) is 0 Å². The fraction of sp³-hybridized carbons (Fsp3) is 0.625. The van der Waals surface area contributed by atoms with Gasteiger partial charge in [-0.25, -0.2) is 0 Å². The molecule has 0 aromatic heterocycles. The Labute approximate surface area is 112 Å². The SMILES string of the molecule is CCc1cc(S)ccc1CCCC(C)C(C)C. The summed E-state index contributed by atoms with van der Waals surface area (Å²) < 4.78 is 0. The lowest BCUT2D eigenvalue weighted by Crippen LogP contribution is -2.04. The van der Waals surface area contributed by atoms with E-state index in [1.54, 1.807) is 0 Å². The summed E-state index contributed by atoms with van der Waals surface area (Å²) in [5, 5.41) is 0. The lowest BCUT2D eigenvalue weighted by Gasteiger charge is -2.15. The van der Waals surface area contributed by atoms with Crippen LogP contribution in [0, 0.1) is 11.8 Å². The smallest absolute Gasteiger partial charge is 0.00429 e. The molecule has 0 aliphatic heterocycles. The number of rotatable bonds is 6. The fourth-order valence-corrected chi connectivity index (χ4v) is 2.36. The normalized spacial score (nSPS) is 13.1. The van der Waals surface area contributed by atoms with Crippen molar-refractivity contribution in [2.45, 2.75) is 58.3 Å². The third kappa shape index (κ3) is 4.75. The quantitative estimate of drug-likeness (QED) is 0.663. The summed E-state index contributed by atoms with van der Waals surface area (Å²) in [6, 6.07) is 6.58. The van der Waals surface area contributed by atoms with Crippen LogP contribution in [0.25, 0.3) is 0 Å². The van der Waals surface area contributed by atoms with Gasteiger partial charge in [0, 0.05) is 4.90 Å². The van der Waals surface area contributed by atoms with Gasteiger partial charge in [-0.2, -0.15) is 0 Å². The Morgan fingerprint density at radius 3 is 2.41 bits per heavy atom. The maximum atomic E-state index is 4.41. The first kappa shape index (κ1) is 14.6. The number of benzene rings is 1. The van der Waals surface area contributed by atoms with E-state index in [2.05, 4.69) is 58.5 Å². The monoisotopic (exact) mass is 250 g/mol. The molecule has 0 saturated heterocycles. The molecule has 1 aromatic carbocycles. The fourth-order valence-electron chi connectivity index (χ4n) is 2.13. The molecule has 0 amide bonds. The van der Waals surface area contributed by atoms with E-state index in [0.29, 0.717) is 0 Å². The first-order chi connectivity index (χ1) is 8.04. The van der Waals surface area contributed by atoms with E-state index in [-0.39, 0.29) is 0 Å². The maximum Gasteiger partial charge on any atom is 0.00429 e. The van der Waals surface area contributed by atoms with Gasteiger partial charge in [0.1, 0.15) is 0 Å². The van der Waals surface area contributed by atoms with Gasteiger partial charge >= 0.3 is 0 Å². The minimum Gasteiger partial charge on any atom is -0.143 e. The molecule has 0 spiro atoms. The largest absolute Gasteiger partial charge is 0.143 e. The van der Waals surface area contributed by atoms with Crippen molar-refractivity contribution in [2.75, 3.05) is 0 Å². The first-order valence-electron chi connectivity index (χ1n) is 6.85. The summed E-state index contributed by atoms with van der Waals surface area (Å²) >= 11 is 4.41. The van der Waals surface area contributed by atoms with E-state index in [9.17, 15) is 0 Å². The Morgan fingerprint density at radius 2 is 1.82 bits per heavy atom. The van der Waals surface area contributed by atoms with Crippen molar-refractivity contribution in [3.8, 4) is 0 Å². The average molecular weight is 250 g/mol. The van der Waals surface area contributed by atoms with Crippen LogP contribution in [0.15, 0.2) is 23.1 Å². The van der Waals surface area contributed by atoms with Gasteiger partial charge in [-0.1, -0.05) is 40.2 Å².